The van der Waals surface area contributed by atoms with Crippen LogP contribution < -0.4 is 5.32 Å². The van der Waals surface area contributed by atoms with Crippen molar-refractivity contribution in [2.75, 3.05) is 13.2 Å². The third-order valence-corrected chi connectivity index (χ3v) is 3.03. The average molecular weight is 279 g/mol. The molecule has 0 spiro atoms. The van der Waals surface area contributed by atoms with Gasteiger partial charge in [0.2, 0.25) is 0 Å². The maximum atomic E-state index is 5.58. The second kappa shape index (κ2) is 8.86. The highest BCUT2D eigenvalue weighted by Gasteiger charge is 2.04. The van der Waals surface area contributed by atoms with Crippen molar-refractivity contribution in [1.29, 1.82) is 0 Å². The number of rotatable bonds is 7. The molecule has 0 saturated heterocycles. The van der Waals surface area contributed by atoms with Gasteiger partial charge in [-0.25, -0.2) is 4.98 Å². The molecule has 0 amide bonds. The van der Waals surface area contributed by atoms with Gasteiger partial charge in [-0.1, -0.05) is 13.8 Å². The summed E-state index contributed by atoms with van der Waals surface area (Å²) in [6.07, 6.45) is 1.94. The summed E-state index contributed by atoms with van der Waals surface area (Å²) >= 11 is 1.74. The van der Waals surface area contributed by atoms with Crippen LogP contribution in [0, 0.1) is 12.8 Å². The normalized spacial score (nSPS) is 12.5. The van der Waals surface area contributed by atoms with Gasteiger partial charge in [0.25, 0.3) is 0 Å². The third kappa shape index (κ3) is 7.71. The molecule has 1 rings (SSSR count). The number of hydrogen-bond acceptors (Lipinski definition) is 4. The largest absolute Gasteiger partial charge is 0.380 e. The Morgan fingerprint density at radius 1 is 1.35 bits per heavy atom. The molecule has 0 aliphatic heterocycles. The Kier molecular flexibility index (Phi) is 8.78. The number of hydrogen-bond donors (Lipinski definition) is 1. The number of thiazole rings is 1. The van der Waals surface area contributed by atoms with Gasteiger partial charge < -0.3 is 10.1 Å². The van der Waals surface area contributed by atoms with Crippen LogP contribution in [-0.4, -0.2) is 24.2 Å². The standard InChI is InChI=1S/C12H22N2OS.ClH/c1-9(2)7-15-8-10(3)13-5-12-6-14-11(4)16-12;/h6,9-10,13H,5,7-8H2,1-4H3;1H. The summed E-state index contributed by atoms with van der Waals surface area (Å²) in [6.45, 7) is 11.0. The van der Waals surface area contributed by atoms with Crippen LogP contribution in [0.25, 0.3) is 0 Å². The number of nitrogens with one attached hydrogen (secondary N) is 1. The number of aromatic nitrogens is 1. The van der Waals surface area contributed by atoms with E-state index < -0.39 is 0 Å². The highest BCUT2D eigenvalue weighted by Crippen LogP contribution is 2.10. The lowest BCUT2D eigenvalue weighted by atomic mass is 10.2. The van der Waals surface area contributed by atoms with E-state index in [0.717, 1.165) is 24.8 Å². The first kappa shape index (κ1) is 16.8. The monoisotopic (exact) mass is 278 g/mol. The molecule has 1 N–H and O–H groups in total. The third-order valence-electron chi connectivity index (χ3n) is 2.11. The molecule has 1 atom stereocenters. The van der Waals surface area contributed by atoms with Crippen molar-refractivity contribution in [3.8, 4) is 0 Å². The van der Waals surface area contributed by atoms with Gasteiger partial charge in [-0.15, -0.1) is 23.7 Å². The zero-order chi connectivity index (χ0) is 12.0. The summed E-state index contributed by atoms with van der Waals surface area (Å²) in [5.41, 5.74) is 0. The molecule has 0 radical (unpaired) electrons. The fourth-order valence-corrected chi connectivity index (χ4v) is 2.05. The lowest BCUT2D eigenvalue weighted by Gasteiger charge is -2.14. The van der Waals surface area contributed by atoms with Crippen LogP contribution in [-0.2, 0) is 11.3 Å². The van der Waals surface area contributed by atoms with Crippen LogP contribution in [0.4, 0.5) is 0 Å². The first-order valence-corrected chi connectivity index (χ1v) is 6.62. The molecule has 100 valence electrons. The zero-order valence-electron chi connectivity index (χ0n) is 11.0. The quantitative estimate of drug-likeness (QED) is 0.832. The van der Waals surface area contributed by atoms with Crippen molar-refractivity contribution in [1.82, 2.24) is 10.3 Å². The van der Waals surface area contributed by atoms with Gasteiger partial charge in [0, 0.05) is 30.3 Å². The van der Waals surface area contributed by atoms with Crippen LogP contribution in [0.3, 0.4) is 0 Å². The molecule has 0 aliphatic carbocycles. The maximum absolute atomic E-state index is 5.58. The Hall–Kier alpha value is -0.160. The van der Waals surface area contributed by atoms with E-state index in [1.807, 2.05) is 13.1 Å². The van der Waals surface area contributed by atoms with Crippen molar-refractivity contribution < 1.29 is 4.74 Å². The van der Waals surface area contributed by atoms with Crippen molar-refractivity contribution >= 4 is 23.7 Å². The molecule has 17 heavy (non-hydrogen) atoms. The molecule has 0 aliphatic rings. The summed E-state index contributed by atoms with van der Waals surface area (Å²) in [7, 11) is 0. The van der Waals surface area contributed by atoms with Gasteiger partial charge in [-0.2, -0.15) is 0 Å². The van der Waals surface area contributed by atoms with E-state index in [4.69, 9.17) is 4.74 Å². The zero-order valence-corrected chi connectivity index (χ0v) is 12.7. The SMILES string of the molecule is Cc1ncc(CNC(C)COCC(C)C)s1.Cl. The Labute approximate surface area is 114 Å². The van der Waals surface area contributed by atoms with Gasteiger partial charge in [-0.05, 0) is 19.8 Å². The van der Waals surface area contributed by atoms with Gasteiger partial charge in [0.15, 0.2) is 0 Å². The predicted molar refractivity (Wildman–Crippen MR) is 76.1 cm³/mol. The first-order chi connectivity index (χ1) is 7.58. The van der Waals surface area contributed by atoms with E-state index in [1.165, 1.54) is 4.88 Å². The van der Waals surface area contributed by atoms with Crippen LogP contribution in [0.15, 0.2) is 6.20 Å². The molecular weight excluding hydrogens is 256 g/mol. The minimum Gasteiger partial charge on any atom is -0.380 e. The summed E-state index contributed by atoms with van der Waals surface area (Å²) < 4.78 is 5.58. The fraction of sp³-hybridized carbons (Fsp3) is 0.750. The van der Waals surface area contributed by atoms with E-state index in [2.05, 4.69) is 31.1 Å². The van der Waals surface area contributed by atoms with Gasteiger partial charge in [-0.3, -0.25) is 0 Å². The van der Waals surface area contributed by atoms with E-state index >= 15 is 0 Å². The molecular formula is C12H23ClN2OS. The Morgan fingerprint density at radius 3 is 2.59 bits per heavy atom. The Bertz CT molecular complexity index is 304. The summed E-state index contributed by atoms with van der Waals surface area (Å²) in [5, 5.41) is 4.56. The van der Waals surface area contributed by atoms with Crippen LogP contribution in [0.1, 0.15) is 30.7 Å². The van der Waals surface area contributed by atoms with Crippen molar-refractivity contribution in [3.05, 3.63) is 16.1 Å². The summed E-state index contributed by atoms with van der Waals surface area (Å²) in [5.74, 6) is 0.608. The van der Waals surface area contributed by atoms with Gasteiger partial charge >= 0.3 is 0 Å². The van der Waals surface area contributed by atoms with Crippen LogP contribution in [0.5, 0.6) is 0 Å². The molecule has 3 nitrogen and oxygen atoms in total. The minimum atomic E-state index is 0. The summed E-state index contributed by atoms with van der Waals surface area (Å²) in [6, 6.07) is 0.390. The van der Waals surface area contributed by atoms with Crippen LogP contribution >= 0.6 is 23.7 Å². The number of aryl methyl sites for hydroxylation is 1. The van der Waals surface area contributed by atoms with E-state index in [0.29, 0.717) is 12.0 Å². The van der Waals surface area contributed by atoms with E-state index in [1.54, 1.807) is 11.3 Å². The highest BCUT2D eigenvalue weighted by molar-refractivity contribution is 7.11. The van der Waals surface area contributed by atoms with Crippen molar-refractivity contribution in [3.63, 3.8) is 0 Å². The first-order valence-electron chi connectivity index (χ1n) is 5.80. The molecule has 0 bridgehead atoms. The van der Waals surface area contributed by atoms with E-state index in [-0.39, 0.29) is 12.4 Å². The predicted octanol–water partition coefficient (Wildman–Crippen LogP) is 3.02. The second-order valence-electron chi connectivity index (χ2n) is 4.56. The number of ether oxygens (including phenoxy) is 1. The Morgan fingerprint density at radius 2 is 2.06 bits per heavy atom. The van der Waals surface area contributed by atoms with E-state index in [9.17, 15) is 0 Å². The van der Waals surface area contributed by atoms with Crippen LogP contribution in [0.2, 0.25) is 0 Å². The smallest absolute Gasteiger partial charge is 0.0897 e. The molecule has 5 heteroatoms. The maximum Gasteiger partial charge on any atom is 0.0897 e. The minimum absolute atomic E-state index is 0. The lowest BCUT2D eigenvalue weighted by Crippen LogP contribution is -2.30. The number of nitrogens with zero attached hydrogens (tertiary/aromatic N) is 1. The second-order valence-corrected chi connectivity index (χ2v) is 5.88. The molecule has 1 heterocycles. The summed E-state index contributed by atoms with van der Waals surface area (Å²) in [4.78, 5) is 5.51. The highest BCUT2D eigenvalue weighted by atomic mass is 35.5. The van der Waals surface area contributed by atoms with Gasteiger partial charge in [0.1, 0.15) is 0 Å². The average Bonchev–Trinajstić information content (AvgIpc) is 2.61. The van der Waals surface area contributed by atoms with Gasteiger partial charge in [0.05, 0.1) is 11.6 Å². The fourth-order valence-electron chi connectivity index (χ4n) is 1.30. The molecule has 1 aromatic heterocycles. The molecule has 1 unspecified atom stereocenters. The molecule has 0 saturated carbocycles. The lowest BCUT2D eigenvalue weighted by molar-refractivity contribution is 0.0936. The van der Waals surface area contributed by atoms with Crippen molar-refractivity contribution in [2.45, 2.75) is 40.3 Å². The Balaban J connectivity index is 0.00000256. The molecule has 0 fully saturated rings. The molecule has 0 aromatic carbocycles. The molecule has 1 aromatic rings. The number of halogens is 1. The topological polar surface area (TPSA) is 34.2 Å². The van der Waals surface area contributed by atoms with Crippen molar-refractivity contribution in [2.24, 2.45) is 5.92 Å².